The monoisotopic (exact) mass is 230 g/mol. The van der Waals surface area contributed by atoms with Crippen LogP contribution in [0.3, 0.4) is 0 Å². The molecule has 0 aliphatic heterocycles. The Balaban J connectivity index is 2.92. The topological polar surface area (TPSA) is 64.1 Å². The van der Waals surface area contributed by atoms with E-state index in [2.05, 4.69) is 10.9 Å². The number of hydrogen-bond acceptors (Lipinski definition) is 3. The minimum atomic E-state index is -0.537. The Hall–Kier alpha value is -2.48. The number of para-hydroxylation sites is 1. The average molecular weight is 230 g/mol. The van der Waals surface area contributed by atoms with Gasteiger partial charge in [-0.15, -0.1) is 6.42 Å². The zero-order valence-electron chi connectivity index (χ0n) is 9.19. The number of hydrogen-bond donors (Lipinski definition) is 1. The van der Waals surface area contributed by atoms with E-state index in [1.807, 2.05) is 0 Å². The van der Waals surface area contributed by atoms with Gasteiger partial charge >= 0.3 is 5.69 Å². The summed E-state index contributed by atoms with van der Waals surface area (Å²) in [4.78, 5) is 26.3. The van der Waals surface area contributed by atoms with E-state index in [1.54, 1.807) is 18.2 Å². The molecular formula is C12H10N2O3. The number of ether oxygens (including phenoxy) is 1. The van der Waals surface area contributed by atoms with Gasteiger partial charge in [-0.2, -0.15) is 0 Å². The maximum absolute atomic E-state index is 12.0. The zero-order valence-corrected chi connectivity index (χ0v) is 9.19. The van der Waals surface area contributed by atoms with Crippen LogP contribution >= 0.6 is 0 Å². The smallest absolute Gasteiger partial charge is 0.329 e. The maximum atomic E-state index is 12.0. The van der Waals surface area contributed by atoms with Crippen molar-refractivity contribution in [1.82, 2.24) is 9.55 Å². The molecule has 5 nitrogen and oxygen atoms in total. The van der Waals surface area contributed by atoms with Gasteiger partial charge in [0.1, 0.15) is 5.75 Å². The third-order valence-electron chi connectivity index (χ3n) is 2.45. The van der Waals surface area contributed by atoms with Crippen LogP contribution in [-0.2, 0) is 6.54 Å². The van der Waals surface area contributed by atoms with Crippen LogP contribution in [0.5, 0.6) is 5.75 Å². The van der Waals surface area contributed by atoms with Crippen LogP contribution in [0.15, 0.2) is 27.8 Å². The molecule has 0 aliphatic rings. The molecule has 1 heterocycles. The van der Waals surface area contributed by atoms with Gasteiger partial charge in [-0.1, -0.05) is 12.0 Å². The highest BCUT2D eigenvalue weighted by Gasteiger charge is 2.09. The van der Waals surface area contributed by atoms with Gasteiger partial charge < -0.3 is 9.72 Å². The van der Waals surface area contributed by atoms with Crippen LogP contribution in [0.25, 0.3) is 10.9 Å². The molecule has 0 fully saturated rings. The zero-order chi connectivity index (χ0) is 12.4. The van der Waals surface area contributed by atoms with Crippen molar-refractivity contribution < 1.29 is 4.74 Å². The molecule has 0 atom stereocenters. The second kappa shape index (κ2) is 4.18. The molecule has 5 heteroatoms. The minimum Gasteiger partial charge on any atom is -0.495 e. The first kappa shape index (κ1) is 11.0. The maximum Gasteiger partial charge on any atom is 0.329 e. The number of methoxy groups -OCH3 is 1. The van der Waals surface area contributed by atoms with E-state index in [9.17, 15) is 9.59 Å². The molecule has 2 rings (SSSR count). The molecule has 0 amide bonds. The number of benzene rings is 1. The van der Waals surface area contributed by atoms with Crippen molar-refractivity contribution in [3.63, 3.8) is 0 Å². The highest BCUT2D eigenvalue weighted by Crippen LogP contribution is 2.19. The SMILES string of the molecule is C#CCn1c(=O)[nH]c2c(OC)cccc2c1=O. The normalized spacial score (nSPS) is 10.1. The van der Waals surface area contributed by atoms with Crippen LogP contribution in [0.2, 0.25) is 0 Å². The predicted molar refractivity (Wildman–Crippen MR) is 64.2 cm³/mol. The molecule has 86 valence electrons. The molecule has 0 bridgehead atoms. The van der Waals surface area contributed by atoms with E-state index >= 15 is 0 Å². The van der Waals surface area contributed by atoms with Gasteiger partial charge in [0.05, 0.1) is 24.6 Å². The second-order valence-corrected chi connectivity index (χ2v) is 3.41. The van der Waals surface area contributed by atoms with E-state index in [1.165, 1.54) is 7.11 Å². The first-order valence-corrected chi connectivity index (χ1v) is 4.92. The summed E-state index contributed by atoms with van der Waals surface area (Å²) in [6.45, 7) is -0.0542. The molecule has 1 N–H and O–H groups in total. The van der Waals surface area contributed by atoms with Crippen molar-refractivity contribution in [2.75, 3.05) is 7.11 Å². The van der Waals surface area contributed by atoms with Crippen LogP contribution in [0, 0.1) is 12.3 Å². The van der Waals surface area contributed by atoms with Crippen molar-refractivity contribution in [1.29, 1.82) is 0 Å². The molecule has 0 radical (unpaired) electrons. The lowest BCUT2D eigenvalue weighted by Gasteiger charge is -2.06. The van der Waals surface area contributed by atoms with E-state index in [4.69, 9.17) is 11.2 Å². The summed E-state index contributed by atoms with van der Waals surface area (Å²) in [5.74, 6) is 2.72. The first-order chi connectivity index (χ1) is 8.19. The molecule has 0 spiro atoms. The lowest BCUT2D eigenvalue weighted by Crippen LogP contribution is -2.34. The van der Waals surface area contributed by atoms with Crippen LogP contribution < -0.4 is 16.0 Å². The highest BCUT2D eigenvalue weighted by atomic mass is 16.5. The Bertz CT molecular complexity index is 719. The van der Waals surface area contributed by atoms with Gasteiger partial charge in [0.2, 0.25) is 0 Å². The first-order valence-electron chi connectivity index (χ1n) is 4.92. The van der Waals surface area contributed by atoms with Crippen molar-refractivity contribution in [2.45, 2.75) is 6.54 Å². The molecular weight excluding hydrogens is 220 g/mol. The molecule has 1 aromatic carbocycles. The third kappa shape index (κ3) is 1.70. The highest BCUT2D eigenvalue weighted by molar-refractivity contribution is 5.83. The molecule has 0 unspecified atom stereocenters. The standard InChI is InChI=1S/C12H10N2O3/c1-3-7-14-11(15)8-5-4-6-9(17-2)10(8)13-12(14)16/h1,4-6H,7H2,2H3,(H,13,16). The van der Waals surface area contributed by atoms with Crippen molar-refractivity contribution >= 4 is 10.9 Å². The molecule has 2 aromatic rings. The van der Waals surface area contributed by atoms with Gasteiger partial charge in [0, 0.05) is 0 Å². The van der Waals surface area contributed by atoms with Crippen LogP contribution in [0.1, 0.15) is 0 Å². The summed E-state index contributed by atoms with van der Waals surface area (Å²) in [5.41, 5.74) is -0.566. The summed E-state index contributed by atoms with van der Waals surface area (Å²) in [6, 6.07) is 4.97. The van der Waals surface area contributed by atoms with Gasteiger partial charge in [0.25, 0.3) is 5.56 Å². The average Bonchev–Trinajstić information content (AvgIpc) is 2.34. The Morgan fingerprint density at radius 2 is 2.24 bits per heavy atom. The summed E-state index contributed by atoms with van der Waals surface area (Å²) >= 11 is 0. The van der Waals surface area contributed by atoms with E-state index in [-0.39, 0.29) is 6.54 Å². The predicted octanol–water partition coefficient (Wildman–Crippen LogP) is 0.332. The van der Waals surface area contributed by atoms with Crippen molar-refractivity contribution in [3.05, 3.63) is 39.0 Å². The number of rotatable bonds is 2. The number of nitrogens with one attached hydrogen (secondary N) is 1. The molecule has 0 aliphatic carbocycles. The Kier molecular flexibility index (Phi) is 2.71. The van der Waals surface area contributed by atoms with Crippen molar-refractivity contribution in [3.8, 4) is 18.1 Å². The van der Waals surface area contributed by atoms with E-state index in [0.717, 1.165) is 4.57 Å². The van der Waals surface area contributed by atoms with Gasteiger partial charge in [0.15, 0.2) is 0 Å². The quantitative estimate of drug-likeness (QED) is 0.756. The number of nitrogens with zero attached hydrogens (tertiary/aromatic N) is 1. The fourth-order valence-corrected chi connectivity index (χ4v) is 1.66. The lowest BCUT2D eigenvalue weighted by atomic mass is 10.2. The Morgan fingerprint density at radius 1 is 1.47 bits per heavy atom. The fourth-order valence-electron chi connectivity index (χ4n) is 1.66. The number of H-pyrrole nitrogens is 1. The summed E-state index contributed by atoms with van der Waals surface area (Å²) in [5, 5.41) is 0.374. The Morgan fingerprint density at radius 3 is 2.88 bits per heavy atom. The van der Waals surface area contributed by atoms with Gasteiger partial charge in [-0.25, -0.2) is 9.36 Å². The third-order valence-corrected chi connectivity index (χ3v) is 2.45. The molecule has 0 saturated heterocycles. The summed E-state index contributed by atoms with van der Waals surface area (Å²) in [6.07, 6.45) is 5.11. The second-order valence-electron chi connectivity index (χ2n) is 3.41. The largest absolute Gasteiger partial charge is 0.495 e. The summed E-state index contributed by atoms with van der Waals surface area (Å²) in [7, 11) is 1.47. The minimum absolute atomic E-state index is 0.0542. The van der Waals surface area contributed by atoms with Crippen molar-refractivity contribution in [2.24, 2.45) is 0 Å². The molecule has 17 heavy (non-hydrogen) atoms. The van der Waals surface area contributed by atoms with E-state index < -0.39 is 11.2 Å². The molecule has 0 saturated carbocycles. The number of fused-ring (bicyclic) bond motifs is 1. The van der Waals surface area contributed by atoms with Crippen LogP contribution in [0.4, 0.5) is 0 Å². The van der Waals surface area contributed by atoms with E-state index in [0.29, 0.717) is 16.7 Å². The van der Waals surface area contributed by atoms with Gasteiger partial charge in [-0.3, -0.25) is 4.79 Å². The lowest BCUT2D eigenvalue weighted by molar-refractivity contribution is 0.418. The van der Waals surface area contributed by atoms with Gasteiger partial charge in [-0.05, 0) is 12.1 Å². The number of aromatic amines is 1. The Labute approximate surface area is 96.7 Å². The summed E-state index contributed by atoms with van der Waals surface area (Å²) < 4.78 is 6.05. The number of terminal acetylenes is 1. The molecule has 1 aromatic heterocycles. The fraction of sp³-hybridized carbons (Fsp3) is 0.167. The van der Waals surface area contributed by atoms with Crippen LogP contribution in [-0.4, -0.2) is 16.7 Å². The number of aromatic nitrogens is 2.